The quantitative estimate of drug-likeness (QED) is 0.814. The number of fused-ring (bicyclic) bond motifs is 1. The monoisotopic (exact) mass is 391 g/mol. The van der Waals surface area contributed by atoms with Gasteiger partial charge in [0.05, 0.1) is 11.1 Å². The van der Waals surface area contributed by atoms with Gasteiger partial charge in [0.25, 0.3) is 5.91 Å². The maximum atomic E-state index is 12.9. The van der Waals surface area contributed by atoms with Crippen LogP contribution in [-0.4, -0.2) is 45.5 Å². The molecule has 126 valence electrons. The van der Waals surface area contributed by atoms with E-state index in [1.807, 2.05) is 25.1 Å². The maximum Gasteiger partial charge on any atom is 0.254 e. The molecule has 6 nitrogen and oxygen atoms in total. The molecule has 0 bridgehead atoms. The first-order valence-corrected chi connectivity index (χ1v) is 8.48. The average molecular weight is 392 g/mol. The molecule has 2 heterocycles. The van der Waals surface area contributed by atoms with Crippen LogP contribution in [-0.2, 0) is 4.79 Å². The van der Waals surface area contributed by atoms with E-state index in [4.69, 9.17) is 5.73 Å². The molecular weight excluding hydrogens is 374 g/mol. The van der Waals surface area contributed by atoms with E-state index >= 15 is 0 Å². The Kier molecular flexibility index (Phi) is 4.31. The zero-order valence-corrected chi connectivity index (χ0v) is 14.8. The fraction of sp³-hybridized carbons (Fsp3) is 0.353. The van der Waals surface area contributed by atoms with Gasteiger partial charge in [-0.2, -0.15) is 0 Å². The van der Waals surface area contributed by atoms with Crippen molar-refractivity contribution in [3.8, 4) is 0 Å². The molecule has 0 aliphatic carbocycles. The summed E-state index contributed by atoms with van der Waals surface area (Å²) < 4.78 is 0.899. The number of nitrogens with two attached hydrogens (primary N) is 1. The van der Waals surface area contributed by atoms with E-state index in [1.165, 1.54) is 0 Å². The number of benzene rings is 1. The number of pyridine rings is 1. The number of piperidine rings is 1. The average Bonchev–Trinajstić information content (AvgIpc) is 2.53. The Morgan fingerprint density at radius 1 is 1.29 bits per heavy atom. The Bertz CT molecular complexity index is 824. The molecule has 0 atom stereocenters. The highest BCUT2D eigenvalue weighted by Crippen LogP contribution is 2.27. The van der Waals surface area contributed by atoms with E-state index in [0.717, 1.165) is 21.1 Å². The third-order valence-corrected chi connectivity index (χ3v) is 4.96. The number of amides is 2. The lowest BCUT2D eigenvalue weighted by Gasteiger charge is -2.36. The standard InChI is InChI=1S/C17H18BrN3O3/c1-10-8-13(12-3-2-11(18)9-14(12)20-10)15(22)21-6-4-17(24,5-7-21)16(19)23/h2-3,8-9,24H,4-7H2,1H3,(H2,19,23). The molecule has 1 saturated heterocycles. The smallest absolute Gasteiger partial charge is 0.254 e. The number of primary amides is 1. The minimum absolute atomic E-state index is 0.126. The van der Waals surface area contributed by atoms with Gasteiger partial charge in [-0.25, -0.2) is 0 Å². The van der Waals surface area contributed by atoms with Crippen molar-refractivity contribution < 1.29 is 14.7 Å². The fourth-order valence-electron chi connectivity index (χ4n) is 3.01. The van der Waals surface area contributed by atoms with Crippen molar-refractivity contribution in [3.63, 3.8) is 0 Å². The summed E-state index contributed by atoms with van der Waals surface area (Å²) in [6.45, 7) is 2.43. The van der Waals surface area contributed by atoms with Gasteiger partial charge in [-0.05, 0) is 25.1 Å². The molecule has 3 rings (SSSR count). The van der Waals surface area contributed by atoms with Crippen LogP contribution in [0.15, 0.2) is 28.7 Å². The number of aromatic nitrogens is 1. The predicted octanol–water partition coefficient (Wildman–Crippen LogP) is 1.76. The number of halogens is 1. The molecular formula is C17H18BrN3O3. The summed E-state index contributed by atoms with van der Waals surface area (Å²) in [5.74, 6) is -0.857. The van der Waals surface area contributed by atoms with Crippen molar-refractivity contribution >= 4 is 38.6 Å². The molecule has 3 N–H and O–H groups in total. The number of carbonyl (C=O) groups excluding carboxylic acids is 2. The van der Waals surface area contributed by atoms with E-state index in [2.05, 4.69) is 20.9 Å². The lowest BCUT2D eigenvalue weighted by atomic mass is 9.90. The Balaban J connectivity index is 1.91. The molecule has 1 aromatic carbocycles. The first-order chi connectivity index (χ1) is 11.3. The highest BCUT2D eigenvalue weighted by molar-refractivity contribution is 9.10. The first-order valence-electron chi connectivity index (χ1n) is 7.69. The largest absolute Gasteiger partial charge is 0.380 e. The Morgan fingerprint density at radius 2 is 1.96 bits per heavy atom. The molecule has 1 aliphatic rings. The molecule has 1 aromatic heterocycles. The number of aryl methyl sites for hydroxylation is 1. The van der Waals surface area contributed by atoms with Crippen LogP contribution in [0, 0.1) is 6.92 Å². The second-order valence-electron chi connectivity index (χ2n) is 6.16. The van der Waals surface area contributed by atoms with Gasteiger partial charge in [-0.1, -0.05) is 22.0 Å². The number of likely N-dealkylation sites (tertiary alicyclic amines) is 1. The molecule has 7 heteroatoms. The molecule has 24 heavy (non-hydrogen) atoms. The second kappa shape index (κ2) is 6.14. The molecule has 0 radical (unpaired) electrons. The summed E-state index contributed by atoms with van der Waals surface area (Å²) in [6, 6.07) is 7.38. The number of carbonyl (C=O) groups is 2. The maximum absolute atomic E-state index is 12.9. The SMILES string of the molecule is Cc1cc(C(=O)N2CCC(O)(C(N)=O)CC2)c2ccc(Br)cc2n1. The first kappa shape index (κ1) is 16.9. The van der Waals surface area contributed by atoms with Crippen molar-refractivity contribution in [1.82, 2.24) is 9.88 Å². The third-order valence-electron chi connectivity index (χ3n) is 4.47. The molecule has 0 spiro atoms. The van der Waals surface area contributed by atoms with Gasteiger partial charge in [0, 0.05) is 41.5 Å². The second-order valence-corrected chi connectivity index (χ2v) is 7.08. The van der Waals surface area contributed by atoms with Crippen molar-refractivity contribution in [2.24, 2.45) is 5.73 Å². The Labute approximate surface area is 147 Å². The van der Waals surface area contributed by atoms with E-state index in [9.17, 15) is 14.7 Å². The van der Waals surface area contributed by atoms with Gasteiger partial charge in [0.15, 0.2) is 0 Å². The van der Waals surface area contributed by atoms with Crippen molar-refractivity contribution in [2.75, 3.05) is 13.1 Å². The molecule has 0 saturated carbocycles. The fourth-order valence-corrected chi connectivity index (χ4v) is 3.36. The minimum Gasteiger partial charge on any atom is -0.380 e. The molecule has 1 aliphatic heterocycles. The van der Waals surface area contributed by atoms with Crippen LogP contribution in [0.1, 0.15) is 28.9 Å². The predicted molar refractivity (Wildman–Crippen MR) is 93.5 cm³/mol. The normalized spacial score (nSPS) is 17.0. The van der Waals surface area contributed by atoms with Crippen molar-refractivity contribution in [2.45, 2.75) is 25.4 Å². The van der Waals surface area contributed by atoms with Crippen LogP contribution in [0.3, 0.4) is 0 Å². The van der Waals surface area contributed by atoms with E-state index in [-0.39, 0.29) is 31.8 Å². The van der Waals surface area contributed by atoms with Crippen molar-refractivity contribution in [3.05, 3.63) is 40.0 Å². The summed E-state index contributed by atoms with van der Waals surface area (Å²) in [6.07, 6.45) is 0.309. The van der Waals surface area contributed by atoms with E-state index < -0.39 is 11.5 Å². The number of rotatable bonds is 2. The van der Waals surface area contributed by atoms with E-state index in [1.54, 1.807) is 11.0 Å². The number of hydrogen-bond donors (Lipinski definition) is 2. The zero-order chi connectivity index (χ0) is 17.5. The zero-order valence-electron chi connectivity index (χ0n) is 13.3. The van der Waals surface area contributed by atoms with Gasteiger partial charge < -0.3 is 15.7 Å². The van der Waals surface area contributed by atoms with Gasteiger partial charge in [0.2, 0.25) is 5.91 Å². The number of aliphatic hydroxyl groups is 1. The van der Waals surface area contributed by atoms with Gasteiger partial charge in [0.1, 0.15) is 5.60 Å². The molecule has 0 unspecified atom stereocenters. The lowest BCUT2D eigenvalue weighted by molar-refractivity contribution is -0.140. The summed E-state index contributed by atoms with van der Waals surface area (Å²) in [5, 5.41) is 10.9. The summed E-state index contributed by atoms with van der Waals surface area (Å²) in [5.41, 5.74) is 5.81. The summed E-state index contributed by atoms with van der Waals surface area (Å²) in [7, 11) is 0. The number of hydrogen-bond acceptors (Lipinski definition) is 4. The molecule has 1 fully saturated rings. The van der Waals surface area contributed by atoms with E-state index in [0.29, 0.717) is 5.56 Å². The van der Waals surface area contributed by atoms with Crippen LogP contribution in [0.2, 0.25) is 0 Å². The minimum atomic E-state index is -1.52. The lowest BCUT2D eigenvalue weighted by Crippen LogP contribution is -2.53. The third kappa shape index (κ3) is 3.01. The highest BCUT2D eigenvalue weighted by Gasteiger charge is 2.39. The van der Waals surface area contributed by atoms with Crippen molar-refractivity contribution in [1.29, 1.82) is 0 Å². The molecule has 2 aromatic rings. The van der Waals surface area contributed by atoms with Gasteiger partial charge in [-0.3, -0.25) is 14.6 Å². The van der Waals surface area contributed by atoms with Gasteiger partial charge >= 0.3 is 0 Å². The highest BCUT2D eigenvalue weighted by atomic mass is 79.9. The van der Waals surface area contributed by atoms with Crippen LogP contribution >= 0.6 is 15.9 Å². The summed E-state index contributed by atoms with van der Waals surface area (Å²) in [4.78, 5) is 30.4. The van der Waals surface area contributed by atoms with Crippen LogP contribution < -0.4 is 5.73 Å². The van der Waals surface area contributed by atoms with Gasteiger partial charge in [-0.15, -0.1) is 0 Å². The Hall–Kier alpha value is -1.99. The van der Waals surface area contributed by atoms with Crippen LogP contribution in [0.25, 0.3) is 10.9 Å². The summed E-state index contributed by atoms with van der Waals surface area (Å²) >= 11 is 3.41. The van der Waals surface area contributed by atoms with Crippen LogP contribution in [0.4, 0.5) is 0 Å². The Morgan fingerprint density at radius 3 is 2.58 bits per heavy atom. The topological polar surface area (TPSA) is 96.5 Å². The molecule has 2 amide bonds. The number of nitrogens with zero attached hydrogens (tertiary/aromatic N) is 2. The van der Waals surface area contributed by atoms with Crippen LogP contribution in [0.5, 0.6) is 0 Å².